The maximum atomic E-state index is 11.3. The highest BCUT2D eigenvalue weighted by Gasteiger charge is 2.40. The summed E-state index contributed by atoms with van der Waals surface area (Å²) in [5.74, 6) is 1.51. The van der Waals surface area contributed by atoms with Crippen molar-refractivity contribution < 1.29 is 9.21 Å². The Hall–Kier alpha value is -1.09. The lowest BCUT2D eigenvalue weighted by atomic mass is 9.74. The molecule has 1 N–H and O–H groups in total. The van der Waals surface area contributed by atoms with Gasteiger partial charge in [-0.25, -0.2) is 0 Å². The second kappa shape index (κ2) is 3.20. The molecular weight excluding hydrogens is 190 g/mol. The van der Waals surface area contributed by atoms with Gasteiger partial charge >= 0.3 is 0 Å². The van der Waals surface area contributed by atoms with Gasteiger partial charge in [0, 0.05) is 36.9 Å². The van der Waals surface area contributed by atoms with E-state index in [2.05, 4.69) is 11.4 Å². The third kappa shape index (κ3) is 1.34. The summed E-state index contributed by atoms with van der Waals surface area (Å²) in [4.78, 5) is 11.3. The fourth-order valence-electron chi connectivity index (χ4n) is 2.87. The van der Waals surface area contributed by atoms with E-state index in [9.17, 15) is 4.79 Å². The monoisotopic (exact) mass is 205 g/mol. The number of hydrogen-bond acceptors (Lipinski definition) is 3. The van der Waals surface area contributed by atoms with Gasteiger partial charge in [0.25, 0.3) is 0 Å². The first kappa shape index (κ1) is 9.16. The van der Waals surface area contributed by atoms with E-state index in [0.717, 1.165) is 31.6 Å². The molecule has 3 rings (SSSR count). The summed E-state index contributed by atoms with van der Waals surface area (Å²) in [6, 6.07) is 2.07. The van der Waals surface area contributed by atoms with Crippen LogP contribution in [-0.4, -0.2) is 12.3 Å². The van der Waals surface area contributed by atoms with Gasteiger partial charge in [0.1, 0.15) is 11.5 Å². The summed E-state index contributed by atoms with van der Waals surface area (Å²) in [5, 5.41) is 3.59. The van der Waals surface area contributed by atoms with E-state index in [4.69, 9.17) is 4.42 Å². The van der Waals surface area contributed by atoms with Crippen LogP contribution in [0.15, 0.2) is 16.7 Å². The molecule has 80 valence electrons. The summed E-state index contributed by atoms with van der Waals surface area (Å²) in [5.41, 5.74) is 1.33. The van der Waals surface area contributed by atoms with E-state index in [0.29, 0.717) is 18.6 Å². The van der Waals surface area contributed by atoms with Crippen molar-refractivity contribution >= 4 is 5.78 Å². The van der Waals surface area contributed by atoms with Crippen LogP contribution in [0.3, 0.4) is 0 Å². The molecule has 3 nitrogen and oxygen atoms in total. The van der Waals surface area contributed by atoms with Crippen LogP contribution < -0.4 is 5.32 Å². The number of fused-ring (bicyclic) bond motifs is 2. The van der Waals surface area contributed by atoms with Gasteiger partial charge in [-0.1, -0.05) is 0 Å². The van der Waals surface area contributed by atoms with Gasteiger partial charge in [0.2, 0.25) is 0 Å². The molecule has 0 radical (unpaired) electrons. The Morgan fingerprint density at radius 1 is 1.27 bits per heavy atom. The van der Waals surface area contributed by atoms with E-state index in [1.165, 1.54) is 5.56 Å². The predicted molar refractivity (Wildman–Crippen MR) is 55.6 cm³/mol. The van der Waals surface area contributed by atoms with E-state index >= 15 is 0 Å². The van der Waals surface area contributed by atoms with Crippen LogP contribution in [0.1, 0.15) is 37.0 Å². The standard InChI is InChI=1S/C12H15NO2/c14-9-1-5-12(6-2-9)10-4-8-15-11(10)3-7-13-12/h4,8,13H,1-3,5-7H2. The van der Waals surface area contributed by atoms with Crippen molar-refractivity contribution in [2.45, 2.75) is 37.6 Å². The van der Waals surface area contributed by atoms with Crippen molar-refractivity contribution in [3.05, 3.63) is 23.7 Å². The highest BCUT2D eigenvalue weighted by Crippen LogP contribution is 2.40. The summed E-state index contributed by atoms with van der Waals surface area (Å²) in [7, 11) is 0. The normalized spacial score (nSPS) is 24.1. The number of carbonyl (C=O) groups is 1. The van der Waals surface area contributed by atoms with Crippen LogP contribution in [0, 0.1) is 0 Å². The Labute approximate surface area is 88.8 Å². The SMILES string of the molecule is O=C1CCC2(CC1)NCCc1occc12. The van der Waals surface area contributed by atoms with Crippen LogP contribution in [0.4, 0.5) is 0 Å². The third-order valence-corrected chi connectivity index (χ3v) is 3.74. The Morgan fingerprint density at radius 2 is 2.07 bits per heavy atom. The van der Waals surface area contributed by atoms with Crippen LogP contribution >= 0.6 is 0 Å². The number of Topliss-reactive ketones (excluding diaryl/α,β-unsaturated/α-hetero) is 1. The Bertz CT molecular complexity index is 384. The molecule has 0 aromatic carbocycles. The minimum Gasteiger partial charge on any atom is -0.469 e. The van der Waals surface area contributed by atoms with Crippen LogP contribution in [-0.2, 0) is 16.8 Å². The number of carbonyl (C=O) groups excluding carboxylic acids is 1. The fraction of sp³-hybridized carbons (Fsp3) is 0.583. The zero-order valence-electron chi connectivity index (χ0n) is 8.71. The topological polar surface area (TPSA) is 42.2 Å². The average molecular weight is 205 g/mol. The predicted octanol–water partition coefficient (Wildman–Crippen LogP) is 1.76. The van der Waals surface area contributed by atoms with Crippen molar-refractivity contribution in [2.24, 2.45) is 0 Å². The second-order valence-electron chi connectivity index (χ2n) is 4.56. The lowest BCUT2D eigenvalue weighted by Gasteiger charge is -2.40. The molecule has 2 aliphatic rings. The van der Waals surface area contributed by atoms with Gasteiger partial charge in [0.15, 0.2) is 0 Å². The highest BCUT2D eigenvalue weighted by molar-refractivity contribution is 5.79. The fourth-order valence-corrected chi connectivity index (χ4v) is 2.87. The Kier molecular flexibility index (Phi) is 1.96. The quantitative estimate of drug-likeness (QED) is 0.701. The molecule has 1 fully saturated rings. The van der Waals surface area contributed by atoms with Crippen LogP contribution in [0.5, 0.6) is 0 Å². The minimum atomic E-state index is 0.0362. The van der Waals surface area contributed by atoms with Crippen molar-refractivity contribution in [3.8, 4) is 0 Å². The Balaban J connectivity index is 1.97. The van der Waals surface area contributed by atoms with Gasteiger partial charge in [-0.3, -0.25) is 4.79 Å². The first-order valence-corrected chi connectivity index (χ1v) is 5.64. The first-order chi connectivity index (χ1) is 7.30. The summed E-state index contributed by atoms with van der Waals surface area (Å²) >= 11 is 0. The average Bonchev–Trinajstić information content (AvgIpc) is 2.72. The number of hydrogen-bond donors (Lipinski definition) is 1. The summed E-state index contributed by atoms with van der Waals surface area (Å²) in [6.45, 7) is 0.967. The van der Waals surface area contributed by atoms with Gasteiger partial charge in [-0.2, -0.15) is 0 Å². The molecule has 1 aliphatic heterocycles. The molecule has 15 heavy (non-hydrogen) atoms. The zero-order valence-corrected chi connectivity index (χ0v) is 8.71. The van der Waals surface area contributed by atoms with Gasteiger partial charge in [-0.15, -0.1) is 0 Å². The first-order valence-electron chi connectivity index (χ1n) is 5.64. The van der Waals surface area contributed by atoms with Gasteiger partial charge in [0.05, 0.1) is 6.26 Å². The van der Waals surface area contributed by atoms with E-state index in [1.807, 2.05) is 0 Å². The number of rotatable bonds is 0. The number of ketones is 1. The maximum Gasteiger partial charge on any atom is 0.133 e. The molecule has 0 saturated heterocycles. The molecule has 1 aliphatic carbocycles. The van der Waals surface area contributed by atoms with Crippen molar-refractivity contribution in [3.63, 3.8) is 0 Å². The molecule has 1 aromatic rings. The molecule has 3 heteroatoms. The third-order valence-electron chi connectivity index (χ3n) is 3.74. The zero-order chi connectivity index (χ0) is 10.3. The van der Waals surface area contributed by atoms with Gasteiger partial charge in [-0.05, 0) is 18.9 Å². The second-order valence-corrected chi connectivity index (χ2v) is 4.56. The van der Waals surface area contributed by atoms with E-state index in [-0.39, 0.29) is 5.54 Å². The smallest absolute Gasteiger partial charge is 0.133 e. The lowest BCUT2D eigenvalue weighted by molar-refractivity contribution is -0.121. The van der Waals surface area contributed by atoms with Crippen LogP contribution in [0.2, 0.25) is 0 Å². The molecule has 0 amide bonds. The van der Waals surface area contributed by atoms with Gasteiger partial charge < -0.3 is 9.73 Å². The molecule has 1 aromatic heterocycles. The molecule has 1 saturated carbocycles. The molecule has 0 unspecified atom stereocenters. The highest BCUT2D eigenvalue weighted by atomic mass is 16.3. The van der Waals surface area contributed by atoms with Crippen molar-refractivity contribution in [1.29, 1.82) is 0 Å². The van der Waals surface area contributed by atoms with E-state index < -0.39 is 0 Å². The Morgan fingerprint density at radius 3 is 2.87 bits per heavy atom. The van der Waals surface area contributed by atoms with Crippen molar-refractivity contribution in [2.75, 3.05) is 6.54 Å². The largest absolute Gasteiger partial charge is 0.469 e. The maximum absolute atomic E-state index is 11.3. The van der Waals surface area contributed by atoms with E-state index in [1.54, 1.807) is 6.26 Å². The molecule has 1 spiro atoms. The molecular formula is C12H15NO2. The molecule has 0 atom stereocenters. The summed E-state index contributed by atoms with van der Waals surface area (Å²) < 4.78 is 5.49. The van der Waals surface area contributed by atoms with Crippen LogP contribution in [0.25, 0.3) is 0 Å². The molecule has 2 heterocycles. The lowest BCUT2D eigenvalue weighted by Crippen LogP contribution is -2.49. The van der Waals surface area contributed by atoms with Crippen molar-refractivity contribution in [1.82, 2.24) is 5.32 Å². The number of furan rings is 1. The minimum absolute atomic E-state index is 0.0362. The summed E-state index contributed by atoms with van der Waals surface area (Å²) in [6.07, 6.45) is 6.01. The number of nitrogens with one attached hydrogen (secondary N) is 1. The molecule has 0 bridgehead atoms.